The number of urea groups is 1. The van der Waals surface area contributed by atoms with Gasteiger partial charge in [0.15, 0.2) is 0 Å². The van der Waals surface area contributed by atoms with Crippen molar-refractivity contribution in [3.8, 4) is 0 Å². The Morgan fingerprint density at radius 2 is 2.00 bits per heavy atom. The molecule has 0 aromatic carbocycles. The number of rotatable bonds is 2. The molecule has 3 N–H and O–H groups in total. The molecule has 2 saturated heterocycles. The lowest BCUT2D eigenvalue weighted by Crippen LogP contribution is -2.62. The fraction of sp³-hybridized carbons (Fsp3) is 0.545. The molecule has 2 aliphatic rings. The number of imide groups is 1. The summed E-state index contributed by atoms with van der Waals surface area (Å²) in [6, 6.07) is -3.11. The predicted molar refractivity (Wildman–Crippen MR) is 65.9 cm³/mol. The highest BCUT2D eigenvalue weighted by molar-refractivity contribution is 6.06. The molecule has 2 fully saturated rings. The first-order chi connectivity index (χ1) is 9.81. The molecule has 0 saturated carbocycles. The lowest BCUT2D eigenvalue weighted by molar-refractivity contribution is -0.144. The number of amides is 5. The molecule has 5 amide bonds. The van der Waals surface area contributed by atoms with Crippen molar-refractivity contribution in [3.05, 3.63) is 0 Å². The molecule has 2 heterocycles. The van der Waals surface area contributed by atoms with E-state index in [2.05, 4.69) is 10.6 Å². The van der Waals surface area contributed by atoms with Crippen molar-refractivity contribution in [2.45, 2.75) is 18.5 Å². The Bertz CT molecular complexity index is 533. The average molecular weight is 298 g/mol. The molecule has 0 spiro atoms. The highest BCUT2D eigenvalue weighted by Gasteiger charge is 2.40. The SMILES string of the molecule is CN1C(=O)CC(NC(=O)N2CC(=O)NCC2C(=O)O)C1=O. The zero-order valence-corrected chi connectivity index (χ0v) is 11.2. The third-order valence-corrected chi connectivity index (χ3v) is 3.41. The summed E-state index contributed by atoms with van der Waals surface area (Å²) in [7, 11) is 1.30. The first kappa shape index (κ1) is 14.8. The number of hydrogen-bond donors (Lipinski definition) is 3. The molecule has 0 aromatic rings. The molecule has 2 aliphatic heterocycles. The molecule has 10 nitrogen and oxygen atoms in total. The summed E-state index contributed by atoms with van der Waals surface area (Å²) < 4.78 is 0. The second kappa shape index (κ2) is 5.38. The molecule has 2 unspecified atom stereocenters. The maximum absolute atomic E-state index is 12.1. The van der Waals surface area contributed by atoms with Gasteiger partial charge in [-0.25, -0.2) is 9.59 Å². The second-order valence-electron chi connectivity index (χ2n) is 4.78. The number of carboxylic acids is 1. The van der Waals surface area contributed by atoms with E-state index in [0.717, 1.165) is 9.80 Å². The Labute approximate surface area is 119 Å². The van der Waals surface area contributed by atoms with Crippen LogP contribution in [-0.2, 0) is 19.2 Å². The third-order valence-electron chi connectivity index (χ3n) is 3.41. The molecular weight excluding hydrogens is 284 g/mol. The maximum Gasteiger partial charge on any atom is 0.328 e. The van der Waals surface area contributed by atoms with Crippen LogP contribution in [0, 0.1) is 0 Å². The number of hydrogen-bond acceptors (Lipinski definition) is 5. The molecule has 2 atom stereocenters. The number of nitrogens with one attached hydrogen (secondary N) is 2. The summed E-state index contributed by atoms with van der Waals surface area (Å²) >= 11 is 0. The first-order valence-electron chi connectivity index (χ1n) is 6.18. The van der Waals surface area contributed by atoms with Gasteiger partial charge >= 0.3 is 12.0 Å². The molecule has 2 rings (SSSR count). The Kier molecular flexibility index (Phi) is 3.78. The second-order valence-corrected chi connectivity index (χ2v) is 4.78. The monoisotopic (exact) mass is 298 g/mol. The molecular formula is C11H14N4O6. The van der Waals surface area contributed by atoms with Crippen LogP contribution in [0.3, 0.4) is 0 Å². The van der Waals surface area contributed by atoms with Crippen LogP contribution < -0.4 is 10.6 Å². The zero-order valence-electron chi connectivity index (χ0n) is 11.2. The normalized spacial score (nSPS) is 25.9. The fourth-order valence-corrected chi connectivity index (χ4v) is 2.18. The van der Waals surface area contributed by atoms with Gasteiger partial charge in [-0.15, -0.1) is 0 Å². The Morgan fingerprint density at radius 3 is 2.52 bits per heavy atom. The van der Waals surface area contributed by atoms with Crippen LogP contribution in [0.5, 0.6) is 0 Å². The number of likely N-dealkylation sites (N-methyl/N-ethyl adjacent to an activating group) is 1. The van der Waals surface area contributed by atoms with Gasteiger partial charge in [-0.1, -0.05) is 0 Å². The molecule has 114 valence electrons. The molecule has 0 bridgehead atoms. The van der Waals surface area contributed by atoms with Gasteiger partial charge in [0.05, 0.1) is 6.42 Å². The number of likely N-dealkylation sites (tertiary alicyclic amines) is 1. The van der Waals surface area contributed by atoms with Gasteiger partial charge in [-0.05, 0) is 0 Å². The van der Waals surface area contributed by atoms with Crippen LogP contribution in [0.15, 0.2) is 0 Å². The van der Waals surface area contributed by atoms with Crippen LogP contribution in [0.2, 0.25) is 0 Å². The minimum absolute atomic E-state index is 0.182. The highest BCUT2D eigenvalue weighted by atomic mass is 16.4. The summed E-state index contributed by atoms with van der Waals surface area (Å²) in [5, 5.41) is 13.7. The van der Waals surface area contributed by atoms with Crippen molar-refractivity contribution in [2.24, 2.45) is 0 Å². The summed E-state index contributed by atoms with van der Waals surface area (Å²) in [5.74, 6) is -2.76. The minimum atomic E-state index is -1.27. The van der Waals surface area contributed by atoms with Gasteiger partial charge in [0.2, 0.25) is 11.8 Å². The summed E-state index contributed by atoms with van der Waals surface area (Å²) in [5.41, 5.74) is 0. The third kappa shape index (κ3) is 2.78. The summed E-state index contributed by atoms with van der Waals surface area (Å²) in [4.78, 5) is 59.2. The van der Waals surface area contributed by atoms with Crippen molar-refractivity contribution < 1.29 is 29.1 Å². The Hall–Kier alpha value is -2.65. The van der Waals surface area contributed by atoms with E-state index in [0.29, 0.717) is 0 Å². The number of carbonyl (C=O) groups is 5. The predicted octanol–water partition coefficient (Wildman–Crippen LogP) is -2.66. The molecule has 0 aromatic heterocycles. The van der Waals surface area contributed by atoms with Crippen LogP contribution >= 0.6 is 0 Å². The molecule has 10 heteroatoms. The van der Waals surface area contributed by atoms with Crippen LogP contribution in [0.25, 0.3) is 0 Å². The van der Waals surface area contributed by atoms with Gasteiger partial charge in [0.1, 0.15) is 18.6 Å². The van der Waals surface area contributed by atoms with Gasteiger partial charge in [0.25, 0.3) is 5.91 Å². The van der Waals surface area contributed by atoms with Gasteiger partial charge in [-0.3, -0.25) is 24.2 Å². The molecule has 21 heavy (non-hydrogen) atoms. The van der Waals surface area contributed by atoms with E-state index < -0.39 is 48.4 Å². The van der Waals surface area contributed by atoms with Crippen LogP contribution in [-0.4, -0.2) is 76.8 Å². The van der Waals surface area contributed by atoms with Crippen molar-refractivity contribution in [1.29, 1.82) is 0 Å². The van der Waals surface area contributed by atoms with Crippen LogP contribution in [0.4, 0.5) is 4.79 Å². The maximum atomic E-state index is 12.1. The molecule has 0 aliphatic carbocycles. The minimum Gasteiger partial charge on any atom is -0.480 e. The lowest BCUT2D eigenvalue weighted by atomic mass is 10.2. The fourth-order valence-electron chi connectivity index (χ4n) is 2.18. The van der Waals surface area contributed by atoms with Crippen molar-refractivity contribution in [1.82, 2.24) is 20.4 Å². The van der Waals surface area contributed by atoms with Crippen LogP contribution in [0.1, 0.15) is 6.42 Å². The van der Waals surface area contributed by atoms with E-state index in [1.165, 1.54) is 7.05 Å². The van der Waals surface area contributed by atoms with Gasteiger partial charge in [-0.2, -0.15) is 0 Å². The van der Waals surface area contributed by atoms with E-state index in [9.17, 15) is 24.0 Å². The van der Waals surface area contributed by atoms with E-state index in [-0.39, 0.29) is 13.0 Å². The zero-order chi connectivity index (χ0) is 15.7. The number of aliphatic carboxylic acids is 1. The Morgan fingerprint density at radius 1 is 1.33 bits per heavy atom. The number of piperazine rings is 1. The topological polar surface area (TPSA) is 136 Å². The van der Waals surface area contributed by atoms with E-state index in [1.54, 1.807) is 0 Å². The number of nitrogens with zero attached hydrogens (tertiary/aromatic N) is 2. The lowest BCUT2D eigenvalue weighted by Gasteiger charge is -2.33. The van der Waals surface area contributed by atoms with Gasteiger partial charge < -0.3 is 15.7 Å². The van der Waals surface area contributed by atoms with Crippen molar-refractivity contribution in [2.75, 3.05) is 20.1 Å². The van der Waals surface area contributed by atoms with Gasteiger partial charge in [0, 0.05) is 13.6 Å². The standard InChI is InChI=1S/C11H14N4O6/c1-14-8(17)2-5(9(14)18)13-11(21)15-4-7(16)12-3-6(15)10(19)20/h5-6H,2-4H2,1H3,(H,12,16)(H,13,21)(H,19,20). The van der Waals surface area contributed by atoms with E-state index >= 15 is 0 Å². The average Bonchev–Trinajstić information content (AvgIpc) is 2.66. The Balaban J connectivity index is 2.07. The van der Waals surface area contributed by atoms with E-state index in [4.69, 9.17) is 5.11 Å². The summed E-state index contributed by atoms with van der Waals surface area (Å²) in [6.07, 6.45) is -0.182. The largest absolute Gasteiger partial charge is 0.480 e. The summed E-state index contributed by atoms with van der Waals surface area (Å²) in [6.45, 7) is -0.632. The quantitative estimate of drug-likeness (QED) is 0.476. The first-order valence-corrected chi connectivity index (χ1v) is 6.18. The van der Waals surface area contributed by atoms with Crippen molar-refractivity contribution >= 4 is 29.7 Å². The highest BCUT2D eigenvalue weighted by Crippen LogP contribution is 2.12. The molecule has 0 radical (unpaired) electrons. The smallest absolute Gasteiger partial charge is 0.328 e. The van der Waals surface area contributed by atoms with Crippen molar-refractivity contribution in [3.63, 3.8) is 0 Å². The number of carbonyl (C=O) groups excluding carboxylic acids is 4. The van der Waals surface area contributed by atoms with E-state index in [1.807, 2.05) is 0 Å². The number of carboxylic acid groups (broad SMARTS) is 1.